The van der Waals surface area contributed by atoms with Crippen LogP contribution in [0.2, 0.25) is 0 Å². The van der Waals surface area contributed by atoms with E-state index in [1.807, 2.05) is 30.3 Å². The number of nitrogens with two attached hydrogens (primary N) is 2. The number of benzene rings is 2. The molecule has 2 amide bonds. The molecule has 0 bridgehead atoms. The average Bonchev–Trinajstić information content (AvgIpc) is 2.64. The van der Waals surface area contributed by atoms with Gasteiger partial charge in [0.1, 0.15) is 5.54 Å². The molecule has 0 fully saturated rings. The van der Waals surface area contributed by atoms with Crippen LogP contribution < -0.4 is 16.2 Å². The Kier molecular flexibility index (Phi) is 6.50. The number of primary amides is 2. The predicted molar refractivity (Wildman–Crippen MR) is 111 cm³/mol. The van der Waals surface area contributed by atoms with E-state index >= 15 is 0 Å². The number of nitrogens with one attached hydrogen (secondary N) is 1. The third-order valence-electron chi connectivity index (χ3n) is 5.09. The summed E-state index contributed by atoms with van der Waals surface area (Å²) in [7, 11) is -4.10. The second-order valence-corrected chi connectivity index (χ2v) is 9.68. The summed E-state index contributed by atoms with van der Waals surface area (Å²) in [5.41, 5.74) is 9.77. The van der Waals surface area contributed by atoms with Gasteiger partial charge in [0.05, 0.1) is 4.90 Å². The van der Waals surface area contributed by atoms with Crippen LogP contribution in [0.3, 0.4) is 0 Å². The molecule has 2 aromatic carbocycles. The van der Waals surface area contributed by atoms with Crippen molar-refractivity contribution in [1.82, 2.24) is 4.72 Å². The van der Waals surface area contributed by atoms with Crippen molar-refractivity contribution in [2.75, 3.05) is 0 Å². The summed E-state index contributed by atoms with van der Waals surface area (Å²) < 4.78 is 28.7. The normalized spacial score (nSPS) is 14.2. The molecule has 0 aliphatic heterocycles. The Morgan fingerprint density at radius 3 is 1.93 bits per heavy atom. The largest absolute Gasteiger partial charge is 0.368 e. The SMILES string of the molecule is CC(C)(C)C(CCc1ccccc1)(NS(=O)(=O)c1ccc(C(N)=O)cc1)C(N)=O. The van der Waals surface area contributed by atoms with Crippen LogP contribution in [-0.4, -0.2) is 25.8 Å². The summed E-state index contributed by atoms with van der Waals surface area (Å²) in [6.45, 7) is 5.30. The maximum Gasteiger partial charge on any atom is 0.248 e. The number of hydrogen-bond acceptors (Lipinski definition) is 4. The summed E-state index contributed by atoms with van der Waals surface area (Å²) in [5.74, 6) is -1.41. The van der Waals surface area contributed by atoms with E-state index in [0.29, 0.717) is 6.42 Å². The molecule has 7 nitrogen and oxygen atoms in total. The van der Waals surface area contributed by atoms with E-state index in [1.54, 1.807) is 20.8 Å². The lowest BCUT2D eigenvalue weighted by molar-refractivity contribution is -0.128. The van der Waals surface area contributed by atoms with Gasteiger partial charge in [-0.05, 0) is 48.1 Å². The number of hydrogen-bond donors (Lipinski definition) is 3. The molecule has 1 atom stereocenters. The molecule has 0 saturated heterocycles. The van der Waals surface area contributed by atoms with E-state index in [0.717, 1.165) is 5.56 Å². The monoisotopic (exact) mass is 417 g/mol. The second kappa shape index (κ2) is 8.34. The lowest BCUT2D eigenvalue weighted by Crippen LogP contribution is -2.64. The summed E-state index contributed by atoms with van der Waals surface area (Å²) in [6, 6.07) is 14.6. The van der Waals surface area contributed by atoms with E-state index in [1.165, 1.54) is 24.3 Å². The summed E-state index contributed by atoms with van der Waals surface area (Å²) in [5, 5.41) is 0. The molecule has 29 heavy (non-hydrogen) atoms. The standard InChI is InChI=1S/C21H27N3O4S/c1-20(2,3)21(19(23)26,14-13-15-7-5-4-6-8-15)24-29(27,28)17-11-9-16(10-12-17)18(22)25/h4-12,24H,13-14H2,1-3H3,(H2,22,25)(H2,23,26). The fourth-order valence-corrected chi connectivity index (χ4v) is 4.77. The smallest absolute Gasteiger partial charge is 0.248 e. The van der Waals surface area contributed by atoms with Crippen molar-refractivity contribution in [3.63, 3.8) is 0 Å². The minimum Gasteiger partial charge on any atom is -0.368 e. The zero-order valence-corrected chi connectivity index (χ0v) is 17.6. The van der Waals surface area contributed by atoms with Crippen molar-refractivity contribution >= 4 is 21.8 Å². The number of rotatable bonds is 8. The van der Waals surface area contributed by atoms with E-state index in [4.69, 9.17) is 11.5 Å². The molecule has 8 heteroatoms. The third-order valence-corrected chi connectivity index (χ3v) is 6.60. The van der Waals surface area contributed by atoms with Gasteiger partial charge in [0.15, 0.2) is 0 Å². The van der Waals surface area contributed by atoms with Crippen LogP contribution in [0.1, 0.15) is 43.1 Å². The van der Waals surface area contributed by atoms with Crippen molar-refractivity contribution in [1.29, 1.82) is 0 Å². The van der Waals surface area contributed by atoms with E-state index in [9.17, 15) is 18.0 Å². The second-order valence-electron chi connectivity index (χ2n) is 8.00. The zero-order valence-electron chi connectivity index (χ0n) is 16.8. The molecule has 0 spiro atoms. The van der Waals surface area contributed by atoms with Gasteiger partial charge in [-0.15, -0.1) is 0 Å². The highest BCUT2D eigenvalue weighted by molar-refractivity contribution is 7.89. The van der Waals surface area contributed by atoms with Crippen LogP contribution >= 0.6 is 0 Å². The Morgan fingerprint density at radius 1 is 0.931 bits per heavy atom. The summed E-state index contributed by atoms with van der Waals surface area (Å²) >= 11 is 0. The van der Waals surface area contributed by atoms with Crippen LogP contribution in [0.25, 0.3) is 0 Å². The molecule has 0 radical (unpaired) electrons. The van der Waals surface area contributed by atoms with E-state index < -0.39 is 32.8 Å². The lowest BCUT2D eigenvalue weighted by atomic mass is 9.70. The molecule has 0 saturated carbocycles. The highest BCUT2D eigenvalue weighted by atomic mass is 32.2. The van der Waals surface area contributed by atoms with E-state index in [-0.39, 0.29) is 16.9 Å². The minimum absolute atomic E-state index is 0.0860. The molecule has 0 aromatic heterocycles. The fourth-order valence-electron chi connectivity index (χ4n) is 3.19. The Hall–Kier alpha value is -2.71. The fraction of sp³-hybridized carbons (Fsp3) is 0.333. The number of aryl methyl sites for hydroxylation is 1. The maximum atomic E-state index is 13.1. The van der Waals surface area contributed by atoms with Gasteiger partial charge >= 0.3 is 0 Å². The first-order valence-corrected chi connectivity index (χ1v) is 10.6. The van der Waals surface area contributed by atoms with Crippen molar-refractivity contribution < 1.29 is 18.0 Å². The van der Waals surface area contributed by atoms with Gasteiger partial charge in [0, 0.05) is 5.56 Å². The Bertz CT molecular complexity index is 981. The first-order valence-electron chi connectivity index (χ1n) is 9.17. The molecular formula is C21H27N3O4S. The zero-order chi connectivity index (χ0) is 21.9. The lowest BCUT2D eigenvalue weighted by Gasteiger charge is -2.42. The van der Waals surface area contributed by atoms with Gasteiger partial charge in [0.25, 0.3) is 0 Å². The number of amides is 2. The molecule has 2 aromatic rings. The highest BCUT2D eigenvalue weighted by Gasteiger charge is 2.49. The van der Waals surface area contributed by atoms with Gasteiger partial charge in [-0.1, -0.05) is 51.1 Å². The first-order chi connectivity index (χ1) is 13.4. The van der Waals surface area contributed by atoms with Gasteiger partial charge in [0.2, 0.25) is 21.8 Å². The van der Waals surface area contributed by atoms with Gasteiger partial charge in [-0.25, -0.2) is 8.42 Å². The Balaban J connectivity index is 2.42. The summed E-state index contributed by atoms with van der Waals surface area (Å²) in [4.78, 5) is 23.7. The molecule has 0 aliphatic rings. The van der Waals surface area contributed by atoms with Gasteiger partial charge < -0.3 is 11.5 Å². The van der Waals surface area contributed by atoms with Gasteiger partial charge in [-0.3, -0.25) is 9.59 Å². The minimum atomic E-state index is -4.10. The number of carbonyl (C=O) groups is 2. The summed E-state index contributed by atoms with van der Waals surface area (Å²) in [6.07, 6.45) is 0.651. The number of carbonyl (C=O) groups excluding carboxylic acids is 2. The molecule has 2 rings (SSSR count). The van der Waals surface area contributed by atoms with Crippen LogP contribution in [0, 0.1) is 5.41 Å². The van der Waals surface area contributed by atoms with E-state index in [2.05, 4.69) is 4.72 Å². The quantitative estimate of drug-likeness (QED) is 0.605. The Morgan fingerprint density at radius 2 is 1.48 bits per heavy atom. The average molecular weight is 418 g/mol. The molecule has 0 aliphatic carbocycles. The Labute approximate surface area is 171 Å². The maximum absolute atomic E-state index is 13.1. The third kappa shape index (κ3) is 5.02. The first kappa shape index (κ1) is 22.6. The molecule has 156 valence electrons. The van der Waals surface area contributed by atoms with Crippen LogP contribution in [-0.2, 0) is 21.2 Å². The molecule has 1 unspecified atom stereocenters. The number of sulfonamides is 1. The predicted octanol–water partition coefficient (Wildman–Crippen LogP) is 1.97. The highest BCUT2D eigenvalue weighted by Crippen LogP contribution is 2.36. The van der Waals surface area contributed by atoms with Crippen LogP contribution in [0.5, 0.6) is 0 Å². The topological polar surface area (TPSA) is 132 Å². The van der Waals surface area contributed by atoms with Crippen molar-refractivity contribution in [3.05, 3.63) is 65.7 Å². The molecule has 0 heterocycles. The van der Waals surface area contributed by atoms with Crippen LogP contribution in [0.4, 0.5) is 0 Å². The van der Waals surface area contributed by atoms with Crippen molar-refractivity contribution in [3.8, 4) is 0 Å². The van der Waals surface area contributed by atoms with Gasteiger partial charge in [-0.2, -0.15) is 4.72 Å². The van der Waals surface area contributed by atoms with Crippen LogP contribution in [0.15, 0.2) is 59.5 Å². The van der Waals surface area contributed by atoms with Crippen molar-refractivity contribution in [2.24, 2.45) is 16.9 Å². The van der Waals surface area contributed by atoms with Crippen molar-refractivity contribution in [2.45, 2.75) is 44.0 Å². The molecule has 5 N–H and O–H groups in total. The molecular weight excluding hydrogens is 390 g/mol.